The van der Waals surface area contributed by atoms with Gasteiger partial charge in [-0.15, -0.1) is 0 Å². The van der Waals surface area contributed by atoms with E-state index in [4.69, 9.17) is 4.74 Å². The molecule has 1 saturated heterocycles. The van der Waals surface area contributed by atoms with E-state index in [0.717, 1.165) is 31.4 Å². The summed E-state index contributed by atoms with van der Waals surface area (Å²) in [6, 6.07) is 10.6. The molecule has 0 amide bonds. The first-order chi connectivity index (χ1) is 9.17. The molecule has 0 spiro atoms. The Morgan fingerprint density at radius 3 is 2.79 bits per heavy atom. The first kappa shape index (κ1) is 14.5. The van der Waals surface area contributed by atoms with Crippen LogP contribution in [-0.2, 0) is 4.74 Å². The summed E-state index contributed by atoms with van der Waals surface area (Å²) in [7, 11) is 0. The maximum absolute atomic E-state index is 9.60. The quantitative estimate of drug-likeness (QED) is 0.858. The van der Waals surface area contributed by atoms with Crippen molar-refractivity contribution >= 4 is 0 Å². The smallest absolute Gasteiger partial charge is 0.0666 e. The molecular weight excluding hydrogens is 238 g/mol. The third kappa shape index (κ3) is 3.78. The molecule has 0 radical (unpaired) electrons. The number of nitrogens with one attached hydrogen (secondary N) is 1. The lowest BCUT2D eigenvalue weighted by atomic mass is 9.89. The van der Waals surface area contributed by atoms with Gasteiger partial charge in [0.1, 0.15) is 0 Å². The van der Waals surface area contributed by atoms with Gasteiger partial charge in [-0.3, -0.25) is 0 Å². The largest absolute Gasteiger partial charge is 0.394 e. The van der Waals surface area contributed by atoms with Gasteiger partial charge in [0.2, 0.25) is 0 Å². The molecule has 1 fully saturated rings. The van der Waals surface area contributed by atoms with E-state index in [1.54, 1.807) is 0 Å². The molecule has 0 saturated carbocycles. The van der Waals surface area contributed by atoms with E-state index in [-0.39, 0.29) is 18.2 Å². The summed E-state index contributed by atoms with van der Waals surface area (Å²) in [6.45, 7) is 5.28. The summed E-state index contributed by atoms with van der Waals surface area (Å²) >= 11 is 0. The van der Waals surface area contributed by atoms with E-state index in [1.165, 1.54) is 0 Å². The van der Waals surface area contributed by atoms with Gasteiger partial charge < -0.3 is 15.2 Å². The predicted molar refractivity (Wildman–Crippen MR) is 77.1 cm³/mol. The Labute approximate surface area is 116 Å². The fourth-order valence-electron chi connectivity index (χ4n) is 2.74. The summed E-state index contributed by atoms with van der Waals surface area (Å²) in [4.78, 5) is 0. The highest BCUT2D eigenvalue weighted by molar-refractivity contribution is 5.19. The zero-order valence-electron chi connectivity index (χ0n) is 11.9. The molecule has 1 aromatic carbocycles. The van der Waals surface area contributed by atoms with E-state index < -0.39 is 0 Å². The maximum Gasteiger partial charge on any atom is 0.0666 e. The lowest BCUT2D eigenvalue weighted by molar-refractivity contribution is -0.0797. The van der Waals surface area contributed by atoms with Crippen LogP contribution in [-0.4, -0.2) is 30.0 Å². The molecule has 3 nitrogen and oxygen atoms in total. The summed E-state index contributed by atoms with van der Waals surface area (Å²) in [5.41, 5.74) is 1.13. The van der Waals surface area contributed by atoms with Gasteiger partial charge in [-0.2, -0.15) is 0 Å². The number of hydrogen-bond donors (Lipinski definition) is 2. The van der Waals surface area contributed by atoms with Crippen molar-refractivity contribution in [2.45, 2.75) is 50.8 Å². The molecule has 19 heavy (non-hydrogen) atoms. The molecule has 1 aliphatic heterocycles. The van der Waals surface area contributed by atoms with Crippen LogP contribution >= 0.6 is 0 Å². The maximum atomic E-state index is 9.60. The molecule has 1 heterocycles. The third-order valence-electron chi connectivity index (χ3n) is 4.16. The lowest BCUT2D eigenvalue weighted by Crippen LogP contribution is -2.46. The Hall–Kier alpha value is -0.900. The molecule has 1 aliphatic rings. The van der Waals surface area contributed by atoms with Crippen molar-refractivity contribution in [3.63, 3.8) is 0 Å². The highest BCUT2D eigenvalue weighted by atomic mass is 16.5. The standard InChI is InChI=1S/C16H25NO2/c1-3-16(2)11-14(9-10-19-16)17-15(12-18)13-7-5-4-6-8-13/h4-8,14-15,17-18H,3,9-12H2,1-2H3. The molecule has 3 heteroatoms. The van der Waals surface area contributed by atoms with Gasteiger partial charge in [0.05, 0.1) is 18.2 Å². The van der Waals surface area contributed by atoms with Crippen molar-refractivity contribution < 1.29 is 9.84 Å². The minimum absolute atomic E-state index is 0.0189. The highest BCUT2D eigenvalue weighted by Crippen LogP contribution is 2.29. The van der Waals surface area contributed by atoms with Crippen LogP contribution in [0.4, 0.5) is 0 Å². The van der Waals surface area contributed by atoms with E-state index in [9.17, 15) is 5.11 Å². The SMILES string of the molecule is CCC1(C)CC(NC(CO)c2ccccc2)CCO1. The number of aliphatic hydroxyl groups is 1. The van der Waals surface area contributed by atoms with E-state index >= 15 is 0 Å². The highest BCUT2D eigenvalue weighted by Gasteiger charge is 2.32. The van der Waals surface area contributed by atoms with Gasteiger partial charge in [0, 0.05) is 12.6 Å². The van der Waals surface area contributed by atoms with Gasteiger partial charge in [-0.05, 0) is 31.7 Å². The Bertz CT molecular complexity index is 382. The normalized spacial score (nSPS) is 29.1. The molecule has 0 aliphatic carbocycles. The monoisotopic (exact) mass is 263 g/mol. The zero-order chi connectivity index (χ0) is 13.7. The molecule has 0 bridgehead atoms. The third-order valence-corrected chi connectivity index (χ3v) is 4.16. The number of aliphatic hydroxyl groups excluding tert-OH is 1. The van der Waals surface area contributed by atoms with Crippen LogP contribution in [0.15, 0.2) is 30.3 Å². The Morgan fingerprint density at radius 2 is 2.16 bits per heavy atom. The van der Waals surface area contributed by atoms with Crippen molar-refractivity contribution in [2.75, 3.05) is 13.2 Å². The number of benzene rings is 1. The van der Waals surface area contributed by atoms with Crippen LogP contribution in [0.25, 0.3) is 0 Å². The van der Waals surface area contributed by atoms with Gasteiger partial charge in [0.25, 0.3) is 0 Å². The number of ether oxygens (including phenoxy) is 1. The number of rotatable bonds is 5. The molecule has 3 unspecified atom stereocenters. The molecule has 106 valence electrons. The average Bonchev–Trinajstić information content (AvgIpc) is 2.46. The van der Waals surface area contributed by atoms with Crippen molar-refractivity contribution in [1.29, 1.82) is 0 Å². The predicted octanol–water partition coefficient (Wildman–Crippen LogP) is 2.66. The van der Waals surface area contributed by atoms with Crippen molar-refractivity contribution in [1.82, 2.24) is 5.32 Å². The Kier molecular flexibility index (Phi) is 4.97. The molecule has 0 aromatic heterocycles. The van der Waals surface area contributed by atoms with Crippen LogP contribution in [0.3, 0.4) is 0 Å². The molecule has 3 atom stereocenters. The number of hydrogen-bond acceptors (Lipinski definition) is 3. The zero-order valence-corrected chi connectivity index (χ0v) is 11.9. The van der Waals surface area contributed by atoms with Gasteiger partial charge in [0.15, 0.2) is 0 Å². The average molecular weight is 263 g/mol. The van der Waals surface area contributed by atoms with Crippen molar-refractivity contribution in [3.8, 4) is 0 Å². The minimum atomic E-state index is -0.0212. The van der Waals surface area contributed by atoms with Crippen LogP contribution in [0.2, 0.25) is 0 Å². The van der Waals surface area contributed by atoms with E-state index in [2.05, 4.69) is 31.3 Å². The summed E-state index contributed by atoms with van der Waals surface area (Å²) in [5, 5.41) is 13.2. The summed E-state index contributed by atoms with van der Waals surface area (Å²) < 4.78 is 5.86. The minimum Gasteiger partial charge on any atom is -0.394 e. The van der Waals surface area contributed by atoms with Crippen LogP contribution < -0.4 is 5.32 Å². The first-order valence-corrected chi connectivity index (χ1v) is 7.22. The fraction of sp³-hybridized carbons (Fsp3) is 0.625. The molecule has 2 N–H and O–H groups in total. The van der Waals surface area contributed by atoms with E-state index in [0.29, 0.717) is 6.04 Å². The van der Waals surface area contributed by atoms with Gasteiger partial charge in [-0.1, -0.05) is 37.3 Å². The van der Waals surface area contributed by atoms with Gasteiger partial charge in [-0.25, -0.2) is 0 Å². The molecule has 2 rings (SSSR count). The lowest BCUT2D eigenvalue weighted by Gasteiger charge is -2.39. The van der Waals surface area contributed by atoms with Crippen LogP contribution in [0, 0.1) is 0 Å². The molecular formula is C16H25NO2. The second-order valence-electron chi connectivity index (χ2n) is 5.65. The van der Waals surface area contributed by atoms with Crippen molar-refractivity contribution in [2.24, 2.45) is 0 Å². The first-order valence-electron chi connectivity index (χ1n) is 7.22. The van der Waals surface area contributed by atoms with Crippen LogP contribution in [0.1, 0.15) is 44.7 Å². The topological polar surface area (TPSA) is 41.5 Å². The second kappa shape index (κ2) is 6.51. The summed E-state index contributed by atoms with van der Waals surface area (Å²) in [6.07, 6.45) is 3.05. The summed E-state index contributed by atoms with van der Waals surface area (Å²) in [5.74, 6) is 0. The fourth-order valence-corrected chi connectivity index (χ4v) is 2.74. The van der Waals surface area contributed by atoms with Crippen LogP contribution in [0.5, 0.6) is 0 Å². The Morgan fingerprint density at radius 1 is 1.42 bits per heavy atom. The van der Waals surface area contributed by atoms with Gasteiger partial charge >= 0.3 is 0 Å². The van der Waals surface area contributed by atoms with Crippen molar-refractivity contribution in [3.05, 3.63) is 35.9 Å². The Balaban J connectivity index is 1.99. The van der Waals surface area contributed by atoms with E-state index in [1.807, 2.05) is 18.2 Å². The second-order valence-corrected chi connectivity index (χ2v) is 5.65. The molecule has 1 aromatic rings.